The summed E-state index contributed by atoms with van der Waals surface area (Å²) in [6.07, 6.45) is 0.688. The lowest BCUT2D eigenvalue weighted by Crippen LogP contribution is -2.30. The van der Waals surface area contributed by atoms with Crippen molar-refractivity contribution in [1.82, 2.24) is 19.4 Å². The molecule has 0 radical (unpaired) electrons. The van der Waals surface area contributed by atoms with Gasteiger partial charge in [-0.1, -0.05) is 0 Å². The van der Waals surface area contributed by atoms with Gasteiger partial charge in [-0.15, -0.1) is 0 Å². The second-order valence-corrected chi connectivity index (χ2v) is 6.82. The van der Waals surface area contributed by atoms with Crippen molar-refractivity contribution in [3.63, 3.8) is 0 Å². The minimum Gasteiger partial charge on any atom is -0.480 e. The number of aromatic nitrogens is 2. The number of carbonyl (C=O) groups is 1. The number of nitrogens with one attached hydrogen (secondary N) is 1. The predicted octanol–water partition coefficient (Wildman–Crippen LogP) is -0.185. The largest absolute Gasteiger partial charge is 0.480 e. The molecule has 0 amide bonds. The van der Waals surface area contributed by atoms with E-state index in [1.165, 1.54) is 16.0 Å². The van der Waals surface area contributed by atoms with E-state index < -0.39 is 16.0 Å². The van der Waals surface area contributed by atoms with Crippen molar-refractivity contribution in [3.8, 4) is 0 Å². The second-order valence-electron chi connectivity index (χ2n) is 4.84. The van der Waals surface area contributed by atoms with E-state index in [0.29, 0.717) is 24.4 Å². The summed E-state index contributed by atoms with van der Waals surface area (Å²) in [6.45, 7) is 3.88. The SMILES string of the molecule is CNCCCN(C)S(=O)(=O)c1c(C)nn(CC(=O)O)c1C. The fourth-order valence-corrected chi connectivity index (χ4v) is 3.66. The number of hydrogen-bond acceptors (Lipinski definition) is 5. The maximum atomic E-state index is 12.6. The molecular weight excluding hydrogens is 296 g/mol. The molecule has 8 nitrogen and oxygen atoms in total. The Kier molecular flexibility index (Phi) is 5.87. The van der Waals surface area contributed by atoms with Crippen LogP contribution in [0.15, 0.2) is 4.90 Å². The number of carboxylic acids is 1. The molecule has 1 rings (SSSR count). The van der Waals surface area contributed by atoms with Crippen LogP contribution in [0.25, 0.3) is 0 Å². The molecular formula is C12H22N4O4S. The third-order valence-corrected chi connectivity index (χ3v) is 5.28. The van der Waals surface area contributed by atoms with E-state index >= 15 is 0 Å². The van der Waals surface area contributed by atoms with Crippen LogP contribution in [0.1, 0.15) is 17.8 Å². The maximum Gasteiger partial charge on any atom is 0.325 e. The molecule has 0 aliphatic carbocycles. The standard InChI is InChI=1S/C12H22N4O4S/c1-9-12(10(2)16(14-9)8-11(17)18)21(19,20)15(4)7-5-6-13-3/h13H,5-8H2,1-4H3,(H,17,18). The number of sulfonamides is 1. The number of rotatable bonds is 8. The van der Waals surface area contributed by atoms with Crippen molar-refractivity contribution < 1.29 is 18.3 Å². The highest BCUT2D eigenvalue weighted by Gasteiger charge is 2.28. The molecule has 0 aliphatic rings. The average Bonchev–Trinajstić information content (AvgIpc) is 2.64. The Balaban J connectivity index is 3.08. The fourth-order valence-electron chi connectivity index (χ4n) is 2.09. The number of aryl methyl sites for hydroxylation is 1. The summed E-state index contributed by atoms with van der Waals surface area (Å²) in [5.74, 6) is -1.06. The van der Waals surface area contributed by atoms with Gasteiger partial charge in [0.05, 0.1) is 11.4 Å². The van der Waals surface area contributed by atoms with Crippen molar-refractivity contribution in [3.05, 3.63) is 11.4 Å². The molecule has 9 heteroatoms. The summed E-state index contributed by atoms with van der Waals surface area (Å²) < 4.78 is 27.6. The normalized spacial score (nSPS) is 12.0. The Morgan fingerprint density at radius 1 is 1.43 bits per heavy atom. The average molecular weight is 318 g/mol. The smallest absolute Gasteiger partial charge is 0.325 e. The first-order valence-electron chi connectivity index (χ1n) is 6.58. The first-order chi connectivity index (χ1) is 9.71. The quantitative estimate of drug-likeness (QED) is 0.644. The summed E-state index contributed by atoms with van der Waals surface area (Å²) in [7, 11) is -0.350. The lowest BCUT2D eigenvalue weighted by molar-refractivity contribution is -0.137. The van der Waals surface area contributed by atoms with E-state index in [0.717, 1.165) is 6.54 Å². The molecule has 120 valence electrons. The zero-order valence-corrected chi connectivity index (χ0v) is 13.6. The molecule has 0 fully saturated rings. The molecule has 0 aromatic carbocycles. The zero-order chi connectivity index (χ0) is 16.2. The first-order valence-corrected chi connectivity index (χ1v) is 8.02. The highest BCUT2D eigenvalue weighted by Crippen LogP contribution is 2.22. The van der Waals surface area contributed by atoms with Crippen molar-refractivity contribution in [2.75, 3.05) is 27.2 Å². The molecule has 0 saturated heterocycles. The monoisotopic (exact) mass is 318 g/mol. The van der Waals surface area contributed by atoms with Gasteiger partial charge in [-0.3, -0.25) is 9.48 Å². The molecule has 0 aliphatic heterocycles. The third-order valence-electron chi connectivity index (χ3n) is 3.17. The van der Waals surface area contributed by atoms with Crippen molar-refractivity contribution in [1.29, 1.82) is 0 Å². The van der Waals surface area contributed by atoms with Crippen LogP contribution < -0.4 is 5.32 Å². The van der Waals surface area contributed by atoms with Gasteiger partial charge in [0.1, 0.15) is 11.4 Å². The first kappa shape index (κ1) is 17.6. The summed E-state index contributed by atoms with van der Waals surface area (Å²) >= 11 is 0. The number of hydrogen-bond donors (Lipinski definition) is 2. The lowest BCUT2D eigenvalue weighted by Gasteiger charge is -2.17. The Hall–Kier alpha value is -1.45. The third kappa shape index (κ3) is 4.02. The Morgan fingerprint density at radius 2 is 2.05 bits per heavy atom. The number of carboxylic acid groups (broad SMARTS) is 1. The van der Waals surface area contributed by atoms with E-state index in [2.05, 4.69) is 10.4 Å². The molecule has 1 aromatic heterocycles. The highest BCUT2D eigenvalue weighted by molar-refractivity contribution is 7.89. The molecule has 2 N–H and O–H groups in total. The number of aliphatic carboxylic acids is 1. The van der Waals surface area contributed by atoms with Crippen molar-refractivity contribution in [2.24, 2.45) is 0 Å². The van der Waals surface area contributed by atoms with E-state index in [-0.39, 0.29) is 11.4 Å². The van der Waals surface area contributed by atoms with Gasteiger partial charge in [0, 0.05) is 13.6 Å². The van der Waals surface area contributed by atoms with Crippen LogP contribution in [0.4, 0.5) is 0 Å². The molecule has 0 saturated carbocycles. The van der Waals surface area contributed by atoms with Gasteiger partial charge >= 0.3 is 5.97 Å². The summed E-state index contributed by atoms with van der Waals surface area (Å²) in [5.41, 5.74) is 0.657. The van der Waals surface area contributed by atoms with Gasteiger partial charge < -0.3 is 10.4 Å². The molecule has 0 atom stereocenters. The summed E-state index contributed by atoms with van der Waals surface area (Å²) in [4.78, 5) is 10.9. The van der Waals surface area contributed by atoms with Crippen LogP contribution in [-0.2, 0) is 21.4 Å². The van der Waals surface area contributed by atoms with Gasteiger partial charge in [0.25, 0.3) is 0 Å². The fraction of sp³-hybridized carbons (Fsp3) is 0.667. The van der Waals surface area contributed by atoms with Crippen LogP contribution in [0.2, 0.25) is 0 Å². The predicted molar refractivity (Wildman–Crippen MR) is 77.7 cm³/mol. The van der Waals surface area contributed by atoms with Crippen LogP contribution in [-0.4, -0.2) is 60.8 Å². The van der Waals surface area contributed by atoms with Crippen LogP contribution in [0.3, 0.4) is 0 Å². The lowest BCUT2D eigenvalue weighted by atomic mass is 10.4. The van der Waals surface area contributed by atoms with Crippen molar-refractivity contribution in [2.45, 2.75) is 31.7 Å². The van der Waals surface area contributed by atoms with Gasteiger partial charge in [-0.25, -0.2) is 12.7 Å². The Morgan fingerprint density at radius 3 is 2.57 bits per heavy atom. The Bertz CT molecular complexity index is 609. The van der Waals surface area contributed by atoms with Crippen LogP contribution in [0, 0.1) is 13.8 Å². The van der Waals surface area contributed by atoms with Crippen molar-refractivity contribution >= 4 is 16.0 Å². The Labute approximate surface area is 124 Å². The maximum absolute atomic E-state index is 12.6. The van der Waals surface area contributed by atoms with E-state index in [4.69, 9.17) is 5.11 Å². The molecule has 21 heavy (non-hydrogen) atoms. The van der Waals surface area contributed by atoms with E-state index in [1.54, 1.807) is 20.9 Å². The molecule has 1 aromatic rings. The summed E-state index contributed by atoms with van der Waals surface area (Å²) in [5, 5.41) is 15.8. The molecule has 0 unspecified atom stereocenters. The van der Waals surface area contributed by atoms with E-state index in [1.807, 2.05) is 0 Å². The van der Waals surface area contributed by atoms with Gasteiger partial charge in [0.15, 0.2) is 0 Å². The second kappa shape index (κ2) is 7.01. The van der Waals surface area contributed by atoms with Crippen LogP contribution in [0.5, 0.6) is 0 Å². The van der Waals surface area contributed by atoms with Gasteiger partial charge in [-0.05, 0) is 33.9 Å². The topological polar surface area (TPSA) is 105 Å². The molecule has 0 spiro atoms. The zero-order valence-electron chi connectivity index (χ0n) is 12.8. The highest BCUT2D eigenvalue weighted by atomic mass is 32.2. The van der Waals surface area contributed by atoms with Gasteiger partial charge in [0.2, 0.25) is 10.0 Å². The molecule has 1 heterocycles. The molecule has 0 bridgehead atoms. The van der Waals surface area contributed by atoms with Gasteiger partial charge in [-0.2, -0.15) is 5.10 Å². The van der Waals surface area contributed by atoms with E-state index in [9.17, 15) is 13.2 Å². The number of nitrogens with zero attached hydrogens (tertiary/aromatic N) is 3. The minimum absolute atomic E-state index is 0.0932. The van der Waals surface area contributed by atoms with Crippen LogP contribution >= 0.6 is 0 Å². The minimum atomic E-state index is -3.67. The summed E-state index contributed by atoms with van der Waals surface area (Å²) in [6, 6.07) is 0.